The minimum absolute atomic E-state index is 0.0164. The number of nitrogens with zero attached hydrogens (tertiary/aromatic N) is 2. The van der Waals surface area contributed by atoms with Crippen molar-refractivity contribution < 1.29 is 9.59 Å². The van der Waals surface area contributed by atoms with Crippen molar-refractivity contribution in [3.8, 4) is 0 Å². The molecule has 2 fully saturated rings. The van der Waals surface area contributed by atoms with E-state index in [0.717, 1.165) is 44.7 Å². The van der Waals surface area contributed by atoms with Crippen molar-refractivity contribution in [3.05, 3.63) is 29.3 Å². The number of piperidine rings is 1. The van der Waals surface area contributed by atoms with E-state index in [4.69, 9.17) is 11.6 Å². The molecule has 0 aliphatic carbocycles. The van der Waals surface area contributed by atoms with E-state index in [1.807, 2.05) is 17.0 Å². The Labute approximate surface area is 154 Å². The molecule has 1 aromatic rings. The summed E-state index contributed by atoms with van der Waals surface area (Å²) in [5, 5.41) is 4.03. The van der Waals surface area contributed by atoms with Gasteiger partial charge in [-0.15, -0.1) is 0 Å². The van der Waals surface area contributed by atoms with E-state index >= 15 is 0 Å². The molecule has 2 saturated heterocycles. The predicted octanol–water partition coefficient (Wildman–Crippen LogP) is 2.54. The third-order valence-corrected chi connectivity index (χ3v) is 5.47. The van der Waals surface area contributed by atoms with Gasteiger partial charge in [0.05, 0.1) is 5.92 Å². The molecular formula is C19H26ClN3O2. The number of benzene rings is 1. The standard InChI is InChI=1S/C19H26ClN3O2/c1-2-21-12-14-7-9-22(10-8-14)19(25)15-11-18(24)23(13-15)17-5-3-16(20)4-6-17/h3-6,14-15,21H,2,7-13H2,1H3. The zero-order valence-corrected chi connectivity index (χ0v) is 15.5. The van der Waals surface area contributed by atoms with Crippen LogP contribution in [0.4, 0.5) is 5.69 Å². The molecule has 0 radical (unpaired) electrons. The van der Waals surface area contributed by atoms with Gasteiger partial charge < -0.3 is 15.1 Å². The van der Waals surface area contributed by atoms with Crippen LogP contribution in [0, 0.1) is 11.8 Å². The molecule has 0 aromatic heterocycles. The number of nitrogens with one attached hydrogen (secondary N) is 1. The summed E-state index contributed by atoms with van der Waals surface area (Å²) in [5.41, 5.74) is 0.814. The molecule has 25 heavy (non-hydrogen) atoms. The highest BCUT2D eigenvalue weighted by molar-refractivity contribution is 6.30. The van der Waals surface area contributed by atoms with Gasteiger partial charge in [0.15, 0.2) is 0 Å². The Morgan fingerprint density at radius 1 is 1.24 bits per heavy atom. The topological polar surface area (TPSA) is 52.7 Å². The molecule has 3 rings (SSSR count). The summed E-state index contributed by atoms with van der Waals surface area (Å²) < 4.78 is 0. The van der Waals surface area contributed by atoms with Gasteiger partial charge in [0.25, 0.3) is 0 Å². The van der Waals surface area contributed by atoms with Crippen LogP contribution in [0.2, 0.25) is 5.02 Å². The highest BCUT2D eigenvalue weighted by Gasteiger charge is 2.38. The lowest BCUT2D eigenvalue weighted by Gasteiger charge is -2.33. The van der Waals surface area contributed by atoms with E-state index in [-0.39, 0.29) is 17.7 Å². The van der Waals surface area contributed by atoms with Gasteiger partial charge in [0, 0.05) is 36.8 Å². The average molecular weight is 364 g/mol. The molecule has 0 spiro atoms. The number of rotatable bonds is 5. The van der Waals surface area contributed by atoms with Crippen LogP contribution in [0.1, 0.15) is 26.2 Å². The van der Waals surface area contributed by atoms with E-state index in [0.29, 0.717) is 23.9 Å². The first-order valence-electron chi connectivity index (χ1n) is 9.14. The van der Waals surface area contributed by atoms with E-state index in [1.165, 1.54) is 0 Å². The average Bonchev–Trinajstić information content (AvgIpc) is 3.02. The lowest BCUT2D eigenvalue weighted by molar-refractivity contribution is -0.137. The number of amides is 2. The Kier molecular flexibility index (Phi) is 5.97. The summed E-state index contributed by atoms with van der Waals surface area (Å²) in [7, 11) is 0. The number of hydrogen-bond acceptors (Lipinski definition) is 3. The Balaban J connectivity index is 1.55. The van der Waals surface area contributed by atoms with Crippen molar-refractivity contribution in [1.29, 1.82) is 0 Å². The van der Waals surface area contributed by atoms with Crippen molar-refractivity contribution in [2.45, 2.75) is 26.2 Å². The molecule has 1 N–H and O–H groups in total. The maximum Gasteiger partial charge on any atom is 0.228 e. The maximum atomic E-state index is 12.8. The predicted molar refractivity (Wildman–Crippen MR) is 99.8 cm³/mol. The molecular weight excluding hydrogens is 338 g/mol. The summed E-state index contributed by atoms with van der Waals surface area (Å²) in [6.45, 7) is 6.22. The smallest absolute Gasteiger partial charge is 0.228 e. The van der Waals surface area contributed by atoms with E-state index in [2.05, 4.69) is 12.2 Å². The molecule has 0 bridgehead atoms. The Morgan fingerprint density at radius 3 is 2.56 bits per heavy atom. The van der Waals surface area contributed by atoms with Gasteiger partial charge in [-0.1, -0.05) is 18.5 Å². The maximum absolute atomic E-state index is 12.8. The summed E-state index contributed by atoms with van der Waals surface area (Å²) in [6, 6.07) is 7.21. The van der Waals surface area contributed by atoms with Gasteiger partial charge >= 0.3 is 0 Å². The molecule has 2 amide bonds. The quantitative estimate of drug-likeness (QED) is 0.874. The SMILES string of the molecule is CCNCC1CCN(C(=O)C2CC(=O)N(c3ccc(Cl)cc3)C2)CC1. The van der Waals surface area contributed by atoms with Gasteiger partial charge in [-0.25, -0.2) is 0 Å². The zero-order valence-electron chi connectivity index (χ0n) is 14.7. The fraction of sp³-hybridized carbons (Fsp3) is 0.579. The zero-order chi connectivity index (χ0) is 17.8. The van der Waals surface area contributed by atoms with E-state index in [1.54, 1.807) is 17.0 Å². The molecule has 2 heterocycles. The van der Waals surface area contributed by atoms with Crippen LogP contribution in [0.15, 0.2) is 24.3 Å². The number of halogens is 1. The largest absolute Gasteiger partial charge is 0.342 e. The summed E-state index contributed by atoms with van der Waals surface area (Å²) >= 11 is 5.91. The number of likely N-dealkylation sites (tertiary alicyclic amines) is 1. The molecule has 6 heteroatoms. The lowest BCUT2D eigenvalue weighted by Crippen LogP contribution is -2.44. The van der Waals surface area contributed by atoms with Crippen molar-refractivity contribution in [2.24, 2.45) is 11.8 Å². The summed E-state index contributed by atoms with van der Waals surface area (Å²) in [6.07, 6.45) is 2.39. The molecule has 5 nitrogen and oxygen atoms in total. The van der Waals surface area contributed by atoms with Crippen LogP contribution in [-0.2, 0) is 9.59 Å². The van der Waals surface area contributed by atoms with Gasteiger partial charge in [-0.3, -0.25) is 9.59 Å². The minimum atomic E-state index is -0.228. The fourth-order valence-electron chi connectivity index (χ4n) is 3.71. The highest BCUT2D eigenvalue weighted by atomic mass is 35.5. The summed E-state index contributed by atoms with van der Waals surface area (Å²) in [4.78, 5) is 28.8. The normalized spacial score (nSPS) is 21.8. The van der Waals surface area contributed by atoms with Gasteiger partial charge in [-0.2, -0.15) is 0 Å². The molecule has 1 unspecified atom stereocenters. The second kappa shape index (κ2) is 8.19. The third kappa shape index (κ3) is 4.33. The minimum Gasteiger partial charge on any atom is -0.342 e. The molecule has 0 saturated carbocycles. The van der Waals surface area contributed by atoms with Crippen LogP contribution in [0.3, 0.4) is 0 Å². The van der Waals surface area contributed by atoms with Crippen molar-refractivity contribution >= 4 is 29.1 Å². The number of hydrogen-bond donors (Lipinski definition) is 1. The van der Waals surface area contributed by atoms with E-state index < -0.39 is 0 Å². The Hall–Kier alpha value is -1.59. The number of carbonyl (C=O) groups excluding carboxylic acids is 2. The number of carbonyl (C=O) groups is 2. The Bertz CT molecular complexity index is 612. The molecule has 136 valence electrons. The van der Waals surface area contributed by atoms with Crippen molar-refractivity contribution in [3.63, 3.8) is 0 Å². The second-order valence-electron chi connectivity index (χ2n) is 6.96. The first-order valence-corrected chi connectivity index (χ1v) is 9.51. The van der Waals surface area contributed by atoms with Gasteiger partial charge in [-0.05, 0) is 56.1 Å². The monoisotopic (exact) mass is 363 g/mol. The van der Waals surface area contributed by atoms with E-state index in [9.17, 15) is 9.59 Å². The Morgan fingerprint density at radius 2 is 1.92 bits per heavy atom. The van der Waals surface area contributed by atoms with Crippen LogP contribution < -0.4 is 10.2 Å². The third-order valence-electron chi connectivity index (χ3n) is 5.22. The van der Waals surface area contributed by atoms with Gasteiger partial charge in [0.1, 0.15) is 0 Å². The molecule has 2 aliphatic heterocycles. The summed E-state index contributed by atoms with van der Waals surface area (Å²) in [5.74, 6) is 0.572. The molecule has 1 atom stereocenters. The van der Waals surface area contributed by atoms with Crippen LogP contribution in [-0.4, -0.2) is 49.4 Å². The van der Waals surface area contributed by atoms with Crippen LogP contribution in [0.5, 0.6) is 0 Å². The fourth-order valence-corrected chi connectivity index (χ4v) is 3.83. The highest BCUT2D eigenvalue weighted by Crippen LogP contribution is 2.28. The lowest BCUT2D eigenvalue weighted by atomic mass is 9.95. The first-order chi connectivity index (χ1) is 12.1. The molecule has 1 aromatic carbocycles. The van der Waals surface area contributed by atoms with Crippen LogP contribution >= 0.6 is 11.6 Å². The van der Waals surface area contributed by atoms with Gasteiger partial charge in [0.2, 0.25) is 11.8 Å². The second-order valence-corrected chi connectivity index (χ2v) is 7.39. The number of anilines is 1. The molecule has 2 aliphatic rings. The first kappa shape index (κ1) is 18.2. The van der Waals surface area contributed by atoms with Crippen molar-refractivity contribution in [2.75, 3.05) is 37.6 Å². The van der Waals surface area contributed by atoms with Crippen LogP contribution in [0.25, 0.3) is 0 Å². The van der Waals surface area contributed by atoms with Crippen molar-refractivity contribution in [1.82, 2.24) is 10.2 Å².